The van der Waals surface area contributed by atoms with E-state index in [-0.39, 0.29) is 18.5 Å². The van der Waals surface area contributed by atoms with Gasteiger partial charge in [-0.3, -0.25) is 0 Å². The molecule has 0 atom stereocenters. The van der Waals surface area contributed by atoms with Crippen LogP contribution in [-0.2, 0) is 5.92 Å². The Morgan fingerprint density at radius 2 is 1.56 bits per heavy atom. The summed E-state index contributed by atoms with van der Waals surface area (Å²) in [7, 11) is 0. The topological polar surface area (TPSA) is 12.0 Å². The number of hydrogen-bond acceptors (Lipinski definition) is 1. The van der Waals surface area contributed by atoms with E-state index in [1.54, 1.807) is 6.07 Å². The third-order valence-corrected chi connectivity index (χ3v) is 2.36. The molecular weight excluding hydrogens is 253 g/mol. The van der Waals surface area contributed by atoms with Crippen molar-refractivity contribution in [3.05, 3.63) is 35.9 Å². The summed E-state index contributed by atoms with van der Waals surface area (Å²) < 4.78 is 62.5. The maximum atomic E-state index is 13.5. The van der Waals surface area contributed by atoms with Crippen LogP contribution in [0.4, 0.5) is 22.0 Å². The molecule has 0 aliphatic carbocycles. The molecule has 0 aliphatic rings. The first-order chi connectivity index (χ1) is 8.31. The van der Waals surface area contributed by atoms with Gasteiger partial charge in [-0.05, 0) is 13.0 Å². The first-order valence-corrected chi connectivity index (χ1v) is 5.52. The molecule has 0 aromatic heterocycles. The number of benzene rings is 1. The van der Waals surface area contributed by atoms with Crippen LogP contribution >= 0.6 is 0 Å². The lowest BCUT2D eigenvalue weighted by atomic mass is 10.1. The zero-order valence-electron chi connectivity index (χ0n) is 9.61. The van der Waals surface area contributed by atoms with E-state index in [1.807, 2.05) is 0 Å². The number of nitrogens with one attached hydrogen (secondary N) is 1. The van der Waals surface area contributed by atoms with Crippen molar-refractivity contribution in [3.8, 4) is 0 Å². The highest BCUT2D eigenvalue weighted by atomic mass is 19.4. The predicted molar refractivity (Wildman–Crippen MR) is 58.5 cm³/mol. The summed E-state index contributed by atoms with van der Waals surface area (Å²) in [6, 6.07) is 7.19. The molecule has 0 saturated heterocycles. The van der Waals surface area contributed by atoms with Crippen LogP contribution in [0.1, 0.15) is 18.4 Å². The second-order valence-electron chi connectivity index (χ2n) is 3.97. The second kappa shape index (κ2) is 6.13. The van der Waals surface area contributed by atoms with Crippen molar-refractivity contribution in [2.45, 2.75) is 24.9 Å². The van der Waals surface area contributed by atoms with Gasteiger partial charge in [-0.2, -0.15) is 22.0 Å². The molecule has 102 valence electrons. The van der Waals surface area contributed by atoms with E-state index in [2.05, 4.69) is 5.32 Å². The Hall–Kier alpha value is -1.17. The fourth-order valence-electron chi connectivity index (χ4n) is 1.44. The highest BCUT2D eigenvalue weighted by molar-refractivity contribution is 5.20. The van der Waals surface area contributed by atoms with Gasteiger partial charge >= 0.3 is 6.18 Å². The Balaban J connectivity index is 2.30. The van der Waals surface area contributed by atoms with Gasteiger partial charge in [0.05, 0.1) is 6.54 Å². The molecule has 0 radical (unpaired) electrons. The molecule has 0 saturated carbocycles. The largest absolute Gasteiger partial charge is 0.389 e. The minimum absolute atomic E-state index is 0.0814. The van der Waals surface area contributed by atoms with Gasteiger partial charge in [0.15, 0.2) is 0 Å². The van der Waals surface area contributed by atoms with Crippen LogP contribution in [0.3, 0.4) is 0 Å². The third-order valence-electron chi connectivity index (χ3n) is 2.36. The highest BCUT2D eigenvalue weighted by Gasteiger charge is 2.31. The second-order valence-corrected chi connectivity index (χ2v) is 3.97. The Morgan fingerprint density at radius 1 is 0.944 bits per heavy atom. The molecule has 0 bridgehead atoms. The summed E-state index contributed by atoms with van der Waals surface area (Å²) in [5, 5.41) is 2.35. The Labute approximate surface area is 102 Å². The molecule has 0 aliphatic heterocycles. The molecule has 0 unspecified atom stereocenters. The minimum Gasteiger partial charge on any atom is -0.311 e. The molecule has 1 aromatic carbocycles. The van der Waals surface area contributed by atoms with E-state index in [9.17, 15) is 22.0 Å². The fraction of sp³-hybridized carbons (Fsp3) is 0.500. The van der Waals surface area contributed by atoms with Gasteiger partial charge in [0.1, 0.15) is 0 Å². The van der Waals surface area contributed by atoms with Crippen LogP contribution in [0.15, 0.2) is 30.3 Å². The van der Waals surface area contributed by atoms with Gasteiger partial charge in [0.2, 0.25) is 0 Å². The lowest BCUT2D eigenvalue weighted by Gasteiger charge is -2.17. The van der Waals surface area contributed by atoms with Crippen molar-refractivity contribution in [3.63, 3.8) is 0 Å². The van der Waals surface area contributed by atoms with Gasteiger partial charge in [-0.1, -0.05) is 30.3 Å². The van der Waals surface area contributed by atoms with Crippen LogP contribution in [0.5, 0.6) is 0 Å². The molecule has 0 heterocycles. The lowest BCUT2D eigenvalue weighted by Crippen LogP contribution is -2.31. The monoisotopic (exact) mass is 267 g/mol. The van der Waals surface area contributed by atoms with Gasteiger partial charge in [0.25, 0.3) is 5.92 Å². The maximum Gasteiger partial charge on any atom is 0.389 e. The van der Waals surface area contributed by atoms with E-state index >= 15 is 0 Å². The fourth-order valence-corrected chi connectivity index (χ4v) is 1.44. The summed E-state index contributed by atoms with van der Waals surface area (Å²) in [5.41, 5.74) is -0.145. The summed E-state index contributed by atoms with van der Waals surface area (Å²) in [6.45, 7) is -0.739. The quantitative estimate of drug-likeness (QED) is 0.612. The molecule has 18 heavy (non-hydrogen) atoms. The summed E-state index contributed by atoms with van der Waals surface area (Å²) in [6.07, 6.45) is -5.39. The first kappa shape index (κ1) is 14.9. The van der Waals surface area contributed by atoms with Crippen molar-refractivity contribution < 1.29 is 22.0 Å². The predicted octanol–water partition coefficient (Wildman–Crippen LogP) is 3.71. The smallest absolute Gasteiger partial charge is 0.311 e. The first-order valence-electron chi connectivity index (χ1n) is 5.52. The van der Waals surface area contributed by atoms with Crippen LogP contribution in [0, 0.1) is 0 Å². The zero-order valence-corrected chi connectivity index (χ0v) is 9.61. The average molecular weight is 267 g/mol. The maximum absolute atomic E-state index is 13.5. The van der Waals surface area contributed by atoms with Crippen molar-refractivity contribution in [2.75, 3.05) is 13.1 Å². The molecule has 1 N–H and O–H groups in total. The van der Waals surface area contributed by atoms with E-state index in [1.165, 1.54) is 24.3 Å². The molecular formula is C12H14F5N. The number of halogens is 5. The van der Waals surface area contributed by atoms with Crippen LogP contribution in [0.2, 0.25) is 0 Å². The molecule has 6 heteroatoms. The minimum atomic E-state index is -4.23. The third kappa shape index (κ3) is 5.44. The zero-order chi connectivity index (χ0) is 13.6. The van der Waals surface area contributed by atoms with Crippen LogP contribution < -0.4 is 5.32 Å². The average Bonchev–Trinajstić information content (AvgIpc) is 2.28. The summed E-state index contributed by atoms with van der Waals surface area (Å²) in [5.74, 6) is -3.07. The molecule has 0 spiro atoms. The lowest BCUT2D eigenvalue weighted by molar-refractivity contribution is -0.135. The summed E-state index contributed by atoms with van der Waals surface area (Å²) >= 11 is 0. The SMILES string of the molecule is FC(F)(F)CCCNCC(F)(F)c1ccccc1. The van der Waals surface area contributed by atoms with Crippen molar-refractivity contribution in [1.29, 1.82) is 0 Å². The molecule has 0 fully saturated rings. The Kier molecular flexibility index (Phi) is 5.07. The van der Waals surface area contributed by atoms with Gasteiger partial charge in [-0.25, -0.2) is 0 Å². The van der Waals surface area contributed by atoms with E-state index < -0.39 is 25.1 Å². The normalized spacial score (nSPS) is 12.7. The van der Waals surface area contributed by atoms with E-state index in [4.69, 9.17) is 0 Å². The van der Waals surface area contributed by atoms with Gasteiger partial charge in [-0.15, -0.1) is 0 Å². The summed E-state index contributed by atoms with van der Waals surface area (Å²) in [4.78, 5) is 0. The molecule has 1 rings (SSSR count). The van der Waals surface area contributed by atoms with E-state index in [0.717, 1.165) is 0 Å². The van der Waals surface area contributed by atoms with E-state index in [0.29, 0.717) is 0 Å². The molecule has 0 amide bonds. The number of hydrogen-bond donors (Lipinski definition) is 1. The highest BCUT2D eigenvalue weighted by Crippen LogP contribution is 2.26. The number of alkyl halides is 5. The standard InChI is InChI=1S/C12H14F5N/c13-11(14,10-5-2-1-3-6-10)9-18-8-4-7-12(15,16)17/h1-3,5-6,18H,4,7-9H2. The van der Waals surface area contributed by atoms with Gasteiger partial charge < -0.3 is 5.32 Å². The van der Waals surface area contributed by atoms with Gasteiger partial charge in [0, 0.05) is 12.0 Å². The molecule has 1 aromatic rings. The van der Waals surface area contributed by atoms with Crippen LogP contribution in [0.25, 0.3) is 0 Å². The van der Waals surface area contributed by atoms with Crippen molar-refractivity contribution >= 4 is 0 Å². The Morgan fingerprint density at radius 3 is 2.11 bits per heavy atom. The van der Waals surface area contributed by atoms with Crippen molar-refractivity contribution in [2.24, 2.45) is 0 Å². The number of rotatable bonds is 6. The molecule has 1 nitrogen and oxygen atoms in total. The van der Waals surface area contributed by atoms with Crippen molar-refractivity contribution in [1.82, 2.24) is 5.32 Å². The van der Waals surface area contributed by atoms with Crippen LogP contribution in [-0.4, -0.2) is 19.3 Å². The Bertz CT molecular complexity index is 347.